The Kier molecular flexibility index (Phi) is 8.15. The number of nitrogens with one attached hydrogen (secondary N) is 1. The fourth-order valence-corrected chi connectivity index (χ4v) is 3.19. The fourth-order valence-electron chi connectivity index (χ4n) is 2.94. The number of aliphatic carboxylic acids is 1. The molecular weight excluding hydrogens is 302 g/mol. The number of carbonyl (C=O) groups excluding carboxylic acids is 2. The van der Waals surface area contributed by atoms with Crippen LogP contribution in [0.3, 0.4) is 0 Å². The van der Waals surface area contributed by atoms with E-state index in [0.29, 0.717) is 19.3 Å². The van der Waals surface area contributed by atoms with Crippen LogP contribution in [-0.4, -0.2) is 34.6 Å². The number of thiol groups is 1. The highest BCUT2D eigenvalue weighted by Crippen LogP contribution is 2.38. The van der Waals surface area contributed by atoms with E-state index in [1.165, 1.54) is 0 Å². The van der Waals surface area contributed by atoms with Gasteiger partial charge in [0.1, 0.15) is 11.8 Å². The van der Waals surface area contributed by atoms with Gasteiger partial charge in [-0.15, -0.1) is 0 Å². The van der Waals surface area contributed by atoms with Crippen LogP contribution in [-0.2, 0) is 14.4 Å². The van der Waals surface area contributed by atoms with Crippen molar-refractivity contribution < 1.29 is 19.5 Å². The lowest BCUT2D eigenvalue weighted by molar-refractivity contribution is -0.141. The molecule has 0 saturated heterocycles. The lowest BCUT2D eigenvalue weighted by atomic mass is 9.71. The summed E-state index contributed by atoms with van der Waals surface area (Å²) in [7, 11) is 0. The third-order valence-corrected chi connectivity index (χ3v) is 3.85. The van der Waals surface area contributed by atoms with Gasteiger partial charge in [0.2, 0.25) is 5.91 Å². The van der Waals surface area contributed by atoms with Crippen LogP contribution in [0.1, 0.15) is 60.3 Å². The summed E-state index contributed by atoms with van der Waals surface area (Å²) in [6.45, 7) is 9.81. The third kappa shape index (κ3) is 8.41. The number of amides is 1. The molecule has 2 N–H and O–H groups in total. The monoisotopic (exact) mass is 331 g/mol. The third-order valence-electron chi connectivity index (χ3n) is 3.48. The number of hydrogen-bond donors (Lipinski definition) is 3. The average Bonchev–Trinajstić information content (AvgIpc) is 2.32. The summed E-state index contributed by atoms with van der Waals surface area (Å²) < 4.78 is 0. The van der Waals surface area contributed by atoms with Gasteiger partial charge in [0.05, 0.1) is 0 Å². The van der Waals surface area contributed by atoms with Crippen molar-refractivity contribution >= 4 is 30.3 Å². The molecule has 0 aliphatic heterocycles. The minimum absolute atomic E-state index is 0.0536. The second kappa shape index (κ2) is 8.56. The van der Waals surface area contributed by atoms with E-state index in [2.05, 4.69) is 17.9 Å². The molecule has 0 bridgehead atoms. The summed E-state index contributed by atoms with van der Waals surface area (Å²) in [4.78, 5) is 34.6. The Labute approximate surface area is 138 Å². The second-order valence-electron chi connectivity index (χ2n) is 7.39. The van der Waals surface area contributed by atoms with Crippen molar-refractivity contribution in [1.82, 2.24) is 5.32 Å². The van der Waals surface area contributed by atoms with Gasteiger partial charge < -0.3 is 10.4 Å². The Morgan fingerprint density at radius 2 is 1.59 bits per heavy atom. The van der Waals surface area contributed by atoms with Gasteiger partial charge >= 0.3 is 5.97 Å². The SMILES string of the molecule is CCC(=O)CC(C)(C)CC(C)(C)CC(=O)NC(CS)C(=O)O. The smallest absolute Gasteiger partial charge is 0.327 e. The van der Waals surface area contributed by atoms with Crippen LogP contribution in [0.25, 0.3) is 0 Å². The molecule has 0 saturated carbocycles. The Bertz CT molecular complexity index is 418. The molecule has 128 valence electrons. The molecule has 22 heavy (non-hydrogen) atoms. The zero-order valence-electron chi connectivity index (χ0n) is 14.2. The molecule has 1 unspecified atom stereocenters. The Hall–Kier alpha value is -1.04. The first-order chi connectivity index (χ1) is 9.92. The van der Waals surface area contributed by atoms with Crippen LogP contribution >= 0.6 is 12.6 Å². The van der Waals surface area contributed by atoms with Crippen molar-refractivity contribution in [2.24, 2.45) is 10.8 Å². The summed E-state index contributed by atoms with van der Waals surface area (Å²) in [5.41, 5.74) is -0.506. The first kappa shape index (κ1) is 21.0. The van der Waals surface area contributed by atoms with Gasteiger partial charge in [0.25, 0.3) is 0 Å². The number of carbonyl (C=O) groups is 3. The summed E-state index contributed by atoms with van der Waals surface area (Å²) in [6.07, 6.45) is 1.93. The molecule has 0 radical (unpaired) electrons. The molecule has 0 spiro atoms. The molecule has 0 aliphatic rings. The van der Waals surface area contributed by atoms with Gasteiger partial charge in [0, 0.05) is 25.0 Å². The highest BCUT2D eigenvalue weighted by molar-refractivity contribution is 7.80. The zero-order chi connectivity index (χ0) is 17.6. The molecule has 6 heteroatoms. The predicted octanol–water partition coefficient (Wildman–Crippen LogP) is 2.69. The molecule has 0 fully saturated rings. The minimum atomic E-state index is -1.09. The summed E-state index contributed by atoms with van der Waals surface area (Å²) in [5.74, 6) is -1.12. The van der Waals surface area contributed by atoms with Crippen molar-refractivity contribution in [2.45, 2.75) is 66.3 Å². The number of ketones is 1. The molecule has 5 nitrogen and oxygen atoms in total. The summed E-state index contributed by atoms with van der Waals surface area (Å²) in [6, 6.07) is -0.971. The molecule has 0 aromatic rings. The highest BCUT2D eigenvalue weighted by Gasteiger charge is 2.32. The Balaban J connectivity index is 4.65. The standard InChI is InChI=1S/C16H29NO4S/c1-6-11(18)7-15(2,3)10-16(4,5)8-13(19)17-12(9-22)14(20)21/h12,22H,6-10H2,1-5H3,(H,17,19)(H,20,21). The minimum Gasteiger partial charge on any atom is -0.480 e. The van der Waals surface area contributed by atoms with E-state index in [-0.39, 0.29) is 34.7 Å². The average molecular weight is 331 g/mol. The molecule has 0 heterocycles. The quantitative estimate of drug-likeness (QED) is 0.537. The van der Waals surface area contributed by atoms with Crippen molar-refractivity contribution in [3.05, 3.63) is 0 Å². The lowest BCUT2D eigenvalue weighted by Gasteiger charge is -2.34. The molecule has 1 atom stereocenters. The maximum Gasteiger partial charge on any atom is 0.327 e. The van der Waals surface area contributed by atoms with Gasteiger partial charge in [-0.2, -0.15) is 12.6 Å². The van der Waals surface area contributed by atoms with Crippen LogP contribution < -0.4 is 5.32 Å². The van der Waals surface area contributed by atoms with E-state index in [1.807, 2.05) is 34.6 Å². The van der Waals surface area contributed by atoms with Crippen LogP contribution in [0.15, 0.2) is 0 Å². The first-order valence-electron chi connectivity index (χ1n) is 7.57. The summed E-state index contributed by atoms with van der Waals surface area (Å²) in [5, 5.41) is 11.4. The van der Waals surface area contributed by atoms with E-state index >= 15 is 0 Å². The van der Waals surface area contributed by atoms with E-state index in [1.54, 1.807) is 0 Å². The molecule has 0 aromatic heterocycles. The first-order valence-corrected chi connectivity index (χ1v) is 8.20. The van der Waals surface area contributed by atoms with Crippen LogP contribution in [0.5, 0.6) is 0 Å². The number of rotatable bonds is 10. The van der Waals surface area contributed by atoms with Gasteiger partial charge in [-0.1, -0.05) is 34.6 Å². The maximum atomic E-state index is 12.0. The molecule has 0 aliphatic carbocycles. The Morgan fingerprint density at radius 1 is 1.09 bits per heavy atom. The van der Waals surface area contributed by atoms with Gasteiger partial charge in [-0.25, -0.2) is 4.79 Å². The number of hydrogen-bond acceptors (Lipinski definition) is 4. The van der Waals surface area contributed by atoms with Crippen molar-refractivity contribution in [2.75, 3.05) is 5.75 Å². The largest absolute Gasteiger partial charge is 0.480 e. The zero-order valence-corrected chi connectivity index (χ0v) is 15.1. The number of carboxylic acids is 1. The van der Waals surface area contributed by atoms with E-state index < -0.39 is 12.0 Å². The summed E-state index contributed by atoms with van der Waals surface area (Å²) >= 11 is 3.93. The lowest BCUT2D eigenvalue weighted by Crippen LogP contribution is -2.43. The number of carboxylic acid groups (broad SMARTS) is 1. The van der Waals surface area contributed by atoms with Gasteiger partial charge in [-0.3, -0.25) is 9.59 Å². The van der Waals surface area contributed by atoms with Gasteiger partial charge in [-0.05, 0) is 17.3 Å². The normalized spacial score (nSPS) is 13.5. The fraction of sp³-hybridized carbons (Fsp3) is 0.812. The molecular formula is C16H29NO4S. The van der Waals surface area contributed by atoms with Crippen molar-refractivity contribution in [3.8, 4) is 0 Å². The van der Waals surface area contributed by atoms with Gasteiger partial charge in [0.15, 0.2) is 0 Å². The predicted molar refractivity (Wildman–Crippen MR) is 90.1 cm³/mol. The van der Waals surface area contributed by atoms with Crippen molar-refractivity contribution in [1.29, 1.82) is 0 Å². The number of Topliss-reactive ketones (excluding diaryl/α,β-unsaturated/α-hetero) is 1. The molecule has 0 aromatic carbocycles. The maximum absolute atomic E-state index is 12.0. The second-order valence-corrected chi connectivity index (χ2v) is 7.76. The van der Waals surface area contributed by atoms with E-state index in [0.717, 1.165) is 0 Å². The van der Waals surface area contributed by atoms with Crippen LogP contribution in [0.2, 0.25) is 0 Å². The Morgan fingerprint density at radius 3 is 2.00 bits per heavy atom. The highest BCUT2D eigenvalue weighted by atomic mass is 32.1. The van der Waals surface area contributed by atoms with E-state index in [4.69, 9.17) is 5.11 Å². The molecule has 0 rings (SSSR count). The molecule has 1 amide bonds. The van der Waals surface area contributed by atoms with Crippen LogP contribution in [0.4, 0.5) is 0 Å². The van der Waals surface area contributed by atoms with Crippen molar-refractivity contribution in [3.63, 3.8) is 0 Å². The van der Waals surface area contributed by atoms with E-state index in [9.17, 15) is 14.4 Å². The topological polar surface area (TPSA) is 83.5 Å². The van der Waals surface area contributed by atoms with Crippen LogP contribution in [0, 0.1) is 10.8 Å².